The molecule has 1 aliphatic heterocycles. The molecule has 8 nitrogen and oxygen atoms in total. The van der Waals surface area contributed by atoms with E-state index in [1.165, 1.54) is 6.07 Å². The molecule has 1 aromatic carbocycles. The summed E-state index contributed by atoms with van der Waals surface area (Å²) in [4.78, 5) is 19.4. The van der Waals surface area contributed by atoms with Crippen LogP contribution in [0.25, 0.3) is 0 Å². The molecule has 1 saturated carbocycles. The van der Waals surface area contributed by atoms with E-state index in [1.54, 1.807) is 24.8 Å². The lowest BCUT2D eigenvalue weighted by atomic mass is 10.1. The average Bonchev–Trinajstić information content (AvgIpc) is 3.40. The minimum atomic E-state index is -3.89. The van der Waals surface area contributed by atoms with Crippen molar-refractivity contribution in [2.75, 3.05) is 13.1 Å². The van der Waals surface area contributed by atoms with E-state index < -0.39 is 10.0 Å². The Kier molecular flexibility index (Phi) is 4.31. The molecule has 9 heteroatoms. The van der Waals surface area contributed by atoms with Crippen molar-refractivity contribution in [2.45, 2.75) is 50.5 Å². The fourth-order valence-electron chi connectivity index (χ4n) is 3.47. The summed E-state index contributed by atoms with van der Waals surface area (Å²) in [6, 6.07) is 3.10. The van der Waals surface area contributed by atoms with Crippen molar-refractivity contribution < 1.29 is 13.2 Å². The number of nitrogens with zero attached hydrogens (tertiary/aromatic N) is 4. The Morgan fingerprint density at radius 2 is 1.93 bits per heavy atom. The fraction of sp³-hybridized carbons (Fsp3) is 0.500. The van der Waals surface area contributed by atoms with E-state index >= 15 is 0 Å². The number of rotatable bonds is 3. The van der Waals surface area contributed by atoms with Crippen LogP contribution >= 0.6 is 0 Å². The molecule has 1 fully saturated rings. The number of aryl methyl sites for hydroxylation is 1. The maximum atomic E-state index is 13.0. The van der Waals surface area contributed by atoms with Crippen molar-refractivity contribution in [3.8, 4) is 0 Å². The third kappa shape index (κ3) is 3.49. The second-order valence-corrected chi connectivity index (χ2v) is 8.92. The molecule has 1 aliphatic carbocycles. The second kappa shape index (κ2) is 6.42. The lowest BCUT2D eigenvalue weighted by Crippen LogP contribution is -2.34. The van der Waals surface area contributed by atoms with E-state index in [2.05, 4.69) is 10.1 Å². The Hall–Kier alpha value is -2.26. The van der Waals surface area contributed by atoms with Crippen LogP contribution in [0, 0.1) is 13.8 Å². The van der Waals surface area contributed by atoms with Gasteiger partial charge in [0.15, 0.2) is 5.82 Å². The number of sulfonamides is 1. The Morgan fingerprint density at radius 1 is 1.19 bits per heavy atom. The summed E-state index contributed by atoms with van der Waals surface area (Å²) in [6.07, 6.45) is 2.96. The monoisotopic (exact) mass is 389 g/mol. The first kappa shape index (κ1) is 18.1. The Morgan fingerprint density at radius 3 is 2.59 bits per heavy atom. The highest BCUT2D eigenvalue weighted by atomic mass is 32.2. The van der Waals surface area contributed by atoms with Gasteiger partial charge in [0.1, 0.15) is 5.82 Å². The molecule has 4 rings (SSSR count). The predicted octanol–water partition coefficient (Wildman–Crippen LogP) is 1.12. The lowest BCUT2D eigenvalue weighted by molar-refractivity contribution is 0.0758. The number of fused-ring (bicyclic) bond motifs is 1. The van der Waals surface area contributed by atoms with Crippen LogP contribution in [0.1, 0.15) is 51.9 Å². The average molecular weight is 389 g/mol. The summed E-state index contributed by atoms with van der Waals surface area (Å²) in [7, 11) is -3.89. The first-order valence-electron chi connectivity index (χ1n) is 9.11. The van der Waals surface area contributed by atoms with Crippen molar-refractivity contribution in [3.63, 3.8) is 0 Å². The van der Waals surface area contributed by atoms with Gasteiger partial charge in [0.05, 0.1) is 11.4 Å². The van der Waals surface area contributed by atoms with Crippen LogP contribution in [0.15, 0.2) is 17.0 Å². The molecule has 1 aromatic heterocycles. The highest BCUT2D eigenvalue weighted by Crippen LogP contribution is 2.38. The number of nitrogens with two attached hydrogens (primary N) is 1. The van der Waals surface area contributed by atoms with E-state index in [0.29, 0.717) is 43.1 Å². The molecular weight excluding hydrogens is 366 g/mol. The molecule has 2 aromatic rings. The van der Waals surface area contributed by atoms with Crippen molar-refractivity contribution in [1.82, 2.24) is 19.7 Å². The van der Waals surface area contributed by atoms with Crippen LogP contribution < -0.4 is 5.14 Å². The van der Waals surface area contributed by atoms with Gasteiger partial charge in [0, 0.05) is 31.0 Å². The zero-order chi connectivity index (χ0) is 19.3. The number of carbonyl (C=O) groups excluding carboxylic acids is 1. The Bertz CT molecular complexity index is 998. The standard InChI is InChI=1S/C18H23N5O3S/c1-11-9-14(10-15(12(11)2)27(19,25)26)18(24)22-6-5-16-20-17(13-3-4-13)21-23(16)8-7-22/h9-10,13H,3-8H2,1-2H3,(H2,19,25,26). The second-order valence-electron chi connectivity index (χ2n) is 7.39. The summed E-state index contributed by atoms with van der Waals surface area (Å²) in [6.45, 7) is 5.10. The van der Waals surface area contributed by atoms with Gasteiger partial charge in [-0.3, -0.25) is 4.79 Å². The van der Waals surface area contributed by atoms with Gasteiger partial charge in [-0.1, -0.05) is 0 Å². The first-order chi connectivity index (χ1) is 12.7. The molecular formula is C18H23N5O3S. The zero-order valence-electron chi connectivity index (χ0n) is 15.5. The van der Waals surface area contributed by atoms with Gasteiger partial charge >= 0.3 is 0 Å². The topological polar surface area (TPSA) is 111 Å². The number of primary sulfonamides is 1. The number of aromatic nitrogens is 3. The highest BCUT2D eigenvalue weighted by molar-refractivity contribution is 7.89. The molecule has 2 heterocycles. The molecule has 0 unspecified atom stereocenters. The van der Waals surface area contributed by atoms with E-state index in [-0.39, 0.29) is 10.8 Å². The summed E-state index contributed by atoms with van der Waals surface area (Å²) in [5.41, 5.74) is 1.64. The molecule has 0 radical (unpaired) electrons. The van der Waals surface area contributed by atoms with Gasteiger partial charge in [0.25, 0.3) is 5.91 Å². The molecule has 2 aliphatic rings. The zero-order valence-corrected chi connectivity index (χ0v) is 16.3. The van der Waals surface area contributed by atoms with Crippen molar-refractivity contribution in [1.29, 1.82) is 0 Å². The summed E-state index contributed by atoms with van der Waals surface area (Å²) >= 11 is 0. The van der Waals surface area contributed by atoms with Crippen molar-refractivity contribution >= 4 is 15.9 Å². The van der Waals surface area contributed by atoms with Crippen LogP contribution in [-0.2, 0) is 23.0 Å². The third-order valence-corrected chi connectivity index (χ3v) is 6.39. The van der Waals surface area contributed by atoms with Crippen molar-refractivity contribution in [3.05, 3.63) is 40.5 Å². The Labute approximate surface area is 158 Å². The first-order valence-corrected chi connectivity index (χ1v) is 10.7. The molecule has 1 amide bonds. The SMILES string of the molecule is Cc1cc(C(=O)N2CCc3nc(C4CC4)nn3CC2)cc(S(N)(=O)=O)c1C. The van der Waals surface area contributed by atoms with Crippen LogP contribution in [0.4, 0.5) is 0 Å². The minimum absolute atomic E-state index is 0.00402. The molecule has 0 bridgehead atoms. The third-order valence-electron chi connectivity index (χ3n) is 5.35. The van der Waals surface area contributed by atoms with Gasteiger partial charge in [-0.05, 0) is 49.9 Å². The number of benzene rings is 1. The van der Waals surface area contributed by atoms with E-state index in [4.69, 9.17) is 5.14 Å². The number of amides is 1. The number of hydrogen-bond acceptors (Lipinski definition) is 5. The molecule has 0 spiro atoms. The molecule has 2 N–H and O–H groups in total. The van der Waals surface area contributed by atoms with E-state index in [1.807, 2.05) is 4.68 Å². The summed E-state index contributed by atoms with van der Waals surface area (Å²) in [5.74, 6) is 2.15. The van der Waals surface area contributed by atoms with Gasteiger partial charge in [0.2, 0.25) is 10.0 Å². The smallest absolute Gasteiger partial charge is 0.253 e. The normalized spacial score (nSPS) is 17.5. The van der Waals surface area contributed by atoms with Crippen LogP contribution in [0.2, 0.25) is 0 Å². The van der Waals surface area contributed by atoms with Crippen LogP contribution in [0.5, 0.6) is 0 Å². The largest absolute Gasteiger partial charge is 0.336 e. The molecule has 0 saturated heterocycles. The molecule has 0 atom stereocenters. The van der Waals surface area contributed by atoms with Gasteiger partial charge in [-0.15, -0.1) is 0 Å². The van der Waals surface area contributed by atoms with Crippen LogP contribution in [-0.4, -0.2) is 47.1 Å². The van der Waals surface area contributed by atoms with Gasteiger partial charge < -0.3 is 4.90 Å². The minimum Gasteiger partial charge on any atom is -0.336 e. The lowest BCUT2D eigenvalue weighted by Gasteiger charge is -2.21. The maximum absolute atomic E-state index is 13.0. The van der Waals surface area contributed by atoms with Gasteiger partial charge in [-0.25, -0.2) is 23.2 Å². The molecule has 27 heavy (non-hydrogen) atoms. The quantitative estimate of drug-likeness (QED) is 0.845. The van der Waals surface area contributed by atoms with Crippen molar-refractivity contribution in [2.24, 2.45) is 5.14 Å². The fourth-order valence-corrected chi connectivity index (χ4v) is 4.35. The number of hydrogen-bond donors (Lipinski definition) is 1. The summed E-state index contributed by atoms with van der Waals surface area (Å²) < 4.78 is 25.6. The van der Waals surface area contributed by atoms with E-state index in [9.17, 15) is 13.2 Å². The van der Waals surface area contributed by atoms with Gasteiger partial charge in [-0.2, -0.15) is 5.10 Å². The maximum Gasteiger partial charge on any atom is 0.253 e. The van der Waals surface area contributed by atoms with Crippen LogP contribution in [0.3, 0.4) is 0 Å². The summed E-state index contributed by atoms with van der Waals surface area (Å²) in [5, 5.41) is 9.90. The Balaban J connectivity index is 1.56. The van der Waals surface area contributed by atoms with E-state index in [0.717, 1.165) is 30.1 Å². The number of carbonyl (C=O) groups is 1. The predicted molar refractivity (Wildman–Crippen MR) is 98.9 cm³/mol. The molecule has 144 valence electrons. The highest BCUT2D eigenvalue weighted by Gasteiger charge is 2.30.